The quantitative estimate of drug-likeness (QED) is 0.603. The van der Waals surface area contributed by atoms with Gasteiger partial charge in [0.1, 0.15) is 15.4 Å². The second-order valence-electron chi connectivity index (χ2n) is 2.66. The van der Waals surface area contributed by atoms with Gasteiger partial charge in [-0.2, -0.15) is 0 Å². The third-order valence-electron chi connectivity index (χ3n) is 1.68. The lowest BCUT2D eigenvalue weighted by atomic mass is 10.2. The SMILES string of the molecule is Oc1ccc(-c2cc(=S)ss2)c(F)c1. The first-order chi connectivity index (χ1) is 6.66. The molecular formula is C9H5FOS3. The average molecular weight is 244 g/mol. The van der Waals surface area contributed by atoms with Gasteiger partial charge < -0.3 is 5.11 Å². The molecule has 1 heterocycles. The molecule has 72 valence electrons. The van der Waals surface area contributed by atoms with E-state index in [2.05, 4.69) is 0 Å². The van der Waals surface area contributed by atoms with Crippen molar-refractivity contribution in [2.45, 2.75) is 0 Å². The summed E-state index contributed by atoms with van der Waals surface area (Å²) in [6.45, 7) is 0. The van der Waals surface area contributed by atoms with Crippen LogP contribution in [0.3, 0.4) is 0 Å². The van der Waals surface area contributed by atoms with E-state index in [4.69, 9.17) is 17.3 Å². The van der Waals surface area contributed by atoms with Crippen LogP contribution < -0.4 is 0 Å². The minimum Gasteiger partial charge on any atom is -0.508 e. The molecule has 0 spiro atoms. The summed E-state index contributed by atoms with van der Waals surface area (Å²) in [6.07, 6.45) is 0. The molecule has 14 heavy (non-hydrogen) atoms. The molecular weight excluding hydrogens is 239 g/mol. The normalized spacial score (nSPS) is 10.4. The summed E-state index contributed by atoms with van der Waals surface area (Å²) in [4.78, 5) is 0.803. The van der Waals surface area contributed by atoms with E-state index in [0.29, 0.717) is 5.56 Å². The van der Waals surface area contributed by atoms with Crippen LogP contribution in [0.1, 0.15) is 0 Å². The number of benzene rings is 1. The molecule has 1 aromatic heterocycles. The zero-order valence-corrected chi connectivity index (χ0v) is 9.31. The van der Waals surface area contributed by atoms with E-state index in [1.807, 2.05) is 0 Å². The molecule has 0 amide bonds. The van der Waals surface area contributed by atoms with Crippen molar-refractivity contribution in [3.63, 3.8) is 0 Å². The fourth-order valence-electron chi connectivity index (χ4n) is 1.07. The minimum atomic E-state index is -0.422. The fourth-order valence-corrected chi connectivity index (χ4v) is 3.47. The second-order valence-corrected chi connectivity index (χ2v) is 5.57. The van der Waals surface area contributed by atoms with E-state index in [1.165, 1.54) is 26.7 Å². The van der Waals surface area contributed by atoms with Crippen LogP contribution in [0.15, 0.2) is 24.3 Å². The van der Waals surface area contributed by atoms with Crippen LogP contribution in [0.25, 0.3) is 10.4 Å². The molecule has 0 fully saturated rings. The summed E-state index contributed by atoms with van der Waals surface area (Å²) >= 11 is 4.96. The smallest absolute Gasteiger partial charge is 0.135 e. The molecule has 5 heteroatoms. The van der Waals surface area contributed by atoms with Crippen molar-refractivity contribution in [1.29, 1.82) is 0 Å². The Kier molecular flexibility index (Phi) is 2.62. The molecule has 0 atom stereocenters. The van der Waals surface area contributed by atoms with E-state index in [-0.39, 0.29) is 5.75 Å². The summed E-state index contributed by atoms with van der Waals surface area (Å²) in [7, 11) is 2.88. The Morgan fingerprint density at radius 2 is 2.00 bits per heavy atom. The molecule has 0 aliphatic carbocycles. The molecule has 0 aliphatic heterocycles. The van der Waals surface area contributed by atoms with Gasteiger partial charge in [0.25, 0.3) is 0 Å². The largest absolute Gasteiger partial charge is 0.508 e. The molecule has 0 bridgehead atoms. The Hall–Kier alpha value is -0.780. The van der Waals surface area contributed by atoms with Crippen LogP contribution in [0.4, 0.5) is 4.39 Å². The molecule has 1 aromatic carbocycles. The van der Waals surface area contributed by atoms with E-state index >= 15 is 0 Å². The Morgan fingerprint density at radius 1 is 1.21 bits per heavy atom. The standard InChI is InChI=1S/C9H5FOS3/c10-7-3-5(11)1-2-6(7)8-4-9(12)14-13-8/h1-4,11H. The highest BCUT2D eigenvalue weighted by molar-refractivity contribution is 7.80. The number of hydrogen-bond acceptors (Lipinski definition) is 4. The molecule has 0 saturated carbocycles. The van der Waals surface area contributed by atoms with Crippen LogP contribution in [0.5, 0.6) is 5.75 Å². The van der Waals surface area contributed by atoms with Crippen molar-refractivity contribution >= 4 is 32.9 Å². The zero-order chi connectivity index (χ0) is 10.1. The van der Waals surface area contributed by atoms with Gasteiger partial charge in [-0.05, 0) is 18.2 Å². The lowest BCUT2D eigenvalue weighted by Crippen LogP contribution is -1.79. The highest BCUT2D eigenvalue weighted by Crippen LogP contribution is 2.32. The van der Waals surface area contributed by atoms with Gasteiger partial charge in [0, 0.05) is 11.6 Å². The maximum Gasteiger partial charge on any atom is 0.135 e. The number of aromatic hydroxyl groups is 1. The fraction of sp³-hybridized carbons (Fsp3) is 0. The van der Waals surface area contributed by atoms with E-state index in [1.54, 1.807) is 12.1 Å². The predicted molar refractivity (Wildman–Crippen MR) is 60.1 cm³/mol. The van der Waals surface area contributed by atoms with Crippen molar-refractivity contribution in [1.82, 2.24) is 0 Å². The molecule has 2 aromatic rings. The monoisotopic (exact) mass is 244 g/mol. The summed E-state index contributed by atoms with van der Waals surface area (Å²) in [5, 5.41) is 9.04. The van der Waals surface area contributed by atoms with Crippen molar-refractivity contribution in [2.24, 2.45) is 0 Å². The third kappa shape index (κ3) is 1.84. The predicted octanol–water partition coefficient (Wildman–Crippen LogP) is 4.05. The van der Waals surface area contributed by atoms with E-state index < -0.39 is 5.82 Å². The van der Waals surface area contributed by atoms with E-state index in [0.717, 1.165) is 14.8 Å². The van der Waals surface area contributed by atoms with Gasteiger partial charge in [-0.25, -0.2) is 4.39 Å². The Balaban J connectivity index is 2.57. The molecule has 1 N–H and O–H groups in total. The lowest BCUT2D eigenvalue weighted by Gasteiger charge is -1.99. The zero-order valence-electron chi connectivity index (χ0n) is 6.86. The first kappa shape index (κ1) is 9.76. The summed E-state index contributed by atoms with van der Waals surface area (Å²) < 4.78 is 14.1. The number of phenolic OH excluding ortho intramolecular Hbond substituents is 1. The van der Waals surface area contributed by atoms with Crippen LogP contribution in [-0.2, 0) is 0 Å². The summed E-state index contributed by atoms with van der Waals surface area (Å²) in [6, 6.07) is 5.88. The number of hydrogen-bond donors (Lipinski definition) is 1. The average Bonchev–Trinajstić information content (AvgIpc) is 2.51. The molecule has 0 radical (unpaired) electrons. The van der Waals surface area contributed by atoms with E-state index in [9.17, 15) is 4.39 Å². The lowest BCUT2D eigenvalue weighted by molar-refractivity contribution is 0.469. The highest BCUT2D eigenvalue weighted by Gasteiger charge is 2.07. The van der Waals surface area contributed by atoms with Gasteiger partial charge in [0.05, 0.1) is 4.88 Å². The topological polar surface area (TPSA) is 20.2 Å². The van der Waals surface area contributed by atoms with Crippen LogP contribution in [0, 0.1) is 9.64 Å². The van der Waals surface area contributed by atoms with Gasteiger partial charge in [-0.3, -0.25) is 0 Å². The summed E-state index contributed by atoms with van der Waals surface area (Å²) in [5.41, 5.74) is 0.486. The highest BCUT2D eigenvalue weighted by atomic mass is 32.9. The maximum absolute atomic E-state index is 13.4. The van der Waals surface area contributed by atoms with Gasteiger partial charge in [-0.15, -0.1) is 0 Å². The van der Waals surface area contributed by atoms with Gasteiger partial charge >= 0.3 is 0 Å². The van der Waals surface area contributed by atoms with Crippen molar-refractivity contribution in [2.75, 3.05) is 0 Å². The minimum absolute atomic E-state index is 0.0647. The molecule has 0 aliphatic rings. The molecule has 2 rings (SSSR count). The van der Waals surface area contributed by atoms with Crippen molar-refractivity contribution < 1.29 is 9.50 Å². The van der Waals surface area contributed by atoms with Gasteiger partial charge in [0.15, 0.2) is 0 Å². The second kappa shape index (κ2) is 3.76. The molecule has 1 nitrogen and oxygen atoms in total. The Morgan fingerprint density at radius 3 is 2.57 bits per heavy atom. The van der Waals surface area contributed by atoms with Gasteiger partial charge in [0.2, 0.25) is 0 Å². The van der Waals surface area contributed by atoms with Gasteiger partial charge in [-0.1, -0.05) is 32.9 Å². The first-order valence-electron chi connectivity index (χ1n) is 3.76. The van der Waals surface area contributed by atoms with Crippen molar-refractivity contribution in [3.05, 3.63) is 33.9 Å². The summed E-state index contributed by atoms with van der Waals surface area (Å²) in [5.74, 6) is -0.487. The van der Waals surface area contributed by atoms with Crippen LogP contribution in [-0.4, -0.2) is 5.11 Å². The first-order valence-corrected chi connectivity index (χ1v) is 6.32. The Labute approximate surface area is 92.5 Å². The molecule has 0 saturated heterocycles. The molecule has 0 unspecified atom stereocenters. The number of halogens is 1. The maximum atomic E-state index is 13.4. The number of rotatable bonds is 1. The number of phenols is 1. The van der Waals surface area contributed by atoms with Crippen LogP contribution >= 0.6 is 32.9 Å². The Bertz CT molecular complexity index is 515. The van der Waals surface area contributed by atoms with Crippen LogP contribution in [0.2, 0.25) is 0 Å². The third-order valence-corrected chi connectivity index (χ3v) is 4.58. The van der Waals surface area contributed by atoms with Crippen molar-refractivity contribution in [3.8, 4) is 16.2 Å².